The van der Waals surface area contributed by atoms with Crippen LogP contribution in [0.4, 0.5) is 0 Å². The molecule has 1 saturated carbocycles. The molecule has 3 N–H and O–H groups in total. The molecule has 6 rings (SSSR count). The zero-order valence-electron chi connectivity index (χ0n) is 16.8. The van der Waals surface area contributed by atoms with E-state index in [-0.39, 0.29) is 24.3 Å². The number of nitrogens with zero attached hydrogens (tertiary/aromatic N) is 1. The third-order valence-corrected chi connectivity index (χ3v) is 7.12. The van der Waals surface area contributed by atoms with Gasteiger partial charge in [-0.3, -0.25) is 29.4 Å². The second-order valence-electron chi connectivity index (χ2n) is 9.04. The van der Waals surface area contributed by atoms with Crippen molar-refractivity contribution in [2.24, 2.45) is 5.92 Å². The smallest absolute Gasteiger partial charge is 0.262 e. The molecular formula is C22H26N4O4. The summed E-state index contributed by atoms with van der Waals surface area (Å²) in [6, 6.07) is 4.34. The van der Waals surface area contributed by atoms with Gasteiger partial charge in [0.1, 0.15) is 6.04 Å². The van der Waals surface area contributed by atoms with Crippen molar-refractivity contribution in [1.29, 1.82) is 0 Å². The number of carbonyl (C=O) groups is 4. The van der Waals surface area contributed by atoms with Crippen molar-refractivity contribution in [1.82, 2.24) is 20.9 Å². The Kier molecular flexibility index (Phi) is 4.71. The fourth-order valence-corrected chi connectivity index (χ4v) is 5.29. The Morgan fingerprint density at radius 2 is 1.80 bits per heavy atom. The van der Waals surface area contributed by atoms with Crippen LogP contribution in [0.15, 0.2) is 18.2 Å². The Bertz CT molecular complexity index is 921. The van der Waals surface area contributed by atoms with Crippen LogP contribution < -0.4 is 16.0 Å². The number of carbonyl (C=O) groups excluding carboxylic acids is 4. The molecule has 8 heteroatoms. The molecule has 30 heavy (non-hydrogen) atoms. The summed E-state index contributed by atoms with van der Waals surface area (Å²) in [7, 11) is 0. The molecule has 0 spiro atoms. The van der Waals surface area contributed by atoms with Crippen LogP contribution in [-0.4, -0.2) is 53.2 Å². The van der Waals surface area contributed by atoms with Crippen molar-refractivity contribution in [3.05, 3.63) is 34.9 Å². The zero-order valence-corrected chi connectivity index (χ0v) is 16.8. The first-order valence-electron chi connectivity index (χ1n) is 10.8. The maximum absolute atomic E-state index is 12.9. The summed E-state index contributed by atoms with van der Waals surface area (Å²) in [5.41, 5.74) is 1.76. The standard InChI is InChI=1S/C22H26N4O4/c27-18-4-3-17(19(28)25-18)26-20(29)15-2-1-14(9-16(15)21(26)30)10-23-12-22-7-5-13(6-8-22)11-24-22/h1-2,9,13,17,23-24H,3-8,10-12H2,(H,25,27,28). The van der Waals surface area contributed by atoms with Crippen LogP contribution in [0.2, 0.25) is 0 Å². The van der Waals surface area contributed by atoms with Gasteiger partial charge in [0.05, 0.1) is 11.1 Å². The SMILES string of the molecule is O=C1CCC(N2C(=O)c3ccc(CNCC45CCC(CC4)CN5)cc3C2=O)C(=O)N1. The van der Waals surface area contributed by atoms with Crippen LogP contribution in [0.5, 0.6) is 0 Å². The van der Waals surface area contributed by atoms with Crippen LogP contribution in [0.25, 0.3) is 0 Å². The third kappa shape index (κ3) is 3.24. The monoisotopic (exact) mass is 410 g/mol. The van der Waals surface area contributed by atoms with E-state index in [0.29, 0.717) is 17.7 Å². The normalized spacial score (nSPS) is 30.6. The Morgan fingerprint density at radius 3 is 2.50 bits per heavy atom. The molecule has 158 valence electrons. The van der Waals surface area contributed by atoms with E-state index in [1.54, 1.807) is 12.1 Å². The maximum atomic E-state index is 12.9. The van der Waals surface area contributed by atoms with Gasteiger partial charge in [-0.25, -0.2) is 0 Å². The average molecular weight is 410 g/mol. The van der Waals surface area contributed by atoms with E-state index in [2.05, 4.69) is 16.0 Å². The lowest BCUT2D eigenvalue weighted by Crippen LogP contribution is -2.60. The average Bonchev–Trinajstić information content (AvgIpc) is 2.99. The summed E-state index contributed by atoms with van der Waals surface area (Å²) >= 11 is 0. The molecule has 4 aliphatic heterocycles. The van der Waals surface area contributed by atoms with Crippen LogP contribution in [0.3, 0.4) is 0 Å². The molecule has 8 nitrogen and oxygen atoms in total. The lowest BCUT2D eigenvalue weighted by Gasteiger charge is -2.47. The quantitative estimate of drug-likeness (QED) is 0.617. The van der Waals surface area contributed by atoms with Crippen molar-refractivity contribution >= 4 is 23.6 Å². The lowest BCUT2D eigenvalue weighted by molar-refractivity contribution is -0.136. The summed E-state index contributed by atoms with van der Waals surface area (Å²) in [6.07, 6.45) is 5.27. The number of nitrogens with one attached hydrogen (secondary N) is 3. The second kappa shape index (κ2) is 7.28. The van der Waals surface area contributed by atoms with Gasteiger partial charge in [0, 0.05) is 25.0 Å². The molecule has 2 bridgehead atoms. The van der Waals surface area contributed by atoms with E-state index in [9.17, 15) is 19.2 Å². The number of benzene rings is 1. The van der Waals surface area contributed by atoms with E-state index in [1.165, 1.54) is 25.7 Å². The fourth-order valence-electron chi connectivity index (χ4n) is 5.29. The summed E-state index contributed by atoms with van der Waals surface area (Å²) in [6.45, 7) is 2.60. The van der Waals surface area contributed by atoms with Crippen molar-refractivity contribution in [2.45, 2.75) is 56.7 Å². The van der Waals surface area contributed by atoms with Gasteiger partial charge in [-0.2, -0.15) is 0 Å². The van der Waals surface area contributed by atoms with Crippen molar-refractivity contribution in [3.63, 3.8) is 0 Å². The molecule has 0 radical (unpaired) electrons. The largest absolute Gasteiger partial charge is 0.311 e. The molecule has 3 saturated heterocycles. The maximum Gasteiger partial charge on any atom is 0.262 e. The Morgan fingerprint density at radius 1 is 1.03 bits per heavy atom. The topological polar surface area (TPSA) is 108 Å². The Balaban J connectivity index is 1.26. The van der Waals surface area contributed by atoms with Crippen LogP contribution in [-0.2, 0) is 16.1 Å². The highest BCUT2D eigenvalue weighted by Crippen LogP contribution is 2.36. The highest BCUT2D eigenvalue weighted by atomic mass is 16.2. The molecule has 4 heterocycles. The van der Waals surface area contributed by atoms with E-state index in [0.717, 1.165) is 29.5 Å². The highest BCUT2D eigenvalue weighted by molar-refractivity contribution is 6.23. The lowest BCUT2D eigenvalue weighted by atomic mass is 9.72. The van der Waals surface area contributed by atoms with Gasteiger partial charge in [0.2, 0.25) is 11.8 Å². The van der Waals surface area contributed by atoms with Crippen LogP contribution in [0, 0.1) is 5.92 Å². The number of amides is 4. The summed E-state index contributed by atoms with van der Waals surface area (Å²) in [5, 5.41) is 9.43. The zero-order chi connectivity index (χ0) is 20.9. The predicted molar refractivity (Wildman–Crippen MR) is 108 cm³/mol. The van der Waals surface area contributed by atoms with Crippen LogP contribution in [0.1, 0.15) is 64.8 Å². The Hall–Kier alpha value is -2.58. The minimum absolute atomic E-state index is 0.121. The van der Waals surface area contributed by atoms with E-state index >= 15 is 0 Å². The first-order valence-corrected chi connectivity index (χ1v) is 10.8. The molecule has 4 fully saturated rings. The summed E-state index contributed by atoms with van der Waals surface area (Å²) in [5.74, 6) is -1.05. The van der Waals surface area contributed by atoms with Crippen LogP contribution >= 0.6 is 0 Å². The van der Waals surface area contributed by atoms with Gasteiger partial charge in [-0.05, 0) is 62.3 Å². The van der Waals surface area contributed by atoms with Crippen molar-refractivity contribution in [2.75, 3.05) is 13.1 Å². The van der Waals surface area contributed by atoms with Gasteiger partial charge >= 0.3 is 0 Å². The number of hydrogen-bond donors (Lipinski definition) is 3. The molecule has 0 aromatic heterocycles. The minimum Gasteiger partial charge on any atom is -0.311 e. The molecule has 5 aliphatic rings. The van der Waals surface area contributed by atoms with Crippen molar-refractivity contribution < 1.29 is 19.2 Å². The van der Waals surface area contributed by atoms with E-state index in [1.807, 2.05) is 6.07 Å². The molecule has 1 aromatic rings. The molecule has 1 unspecified atom stereocenters. The van der Waals surface area contributed by atoms with E-state index in [4.69, 9.17) is 0 Å². The number of fused-ring (bicyclic) bond motifs is 4. The number of rotatable bonds is 5. The highest BCUT2D eigenvalue weighted by Gasteiger charge is 2.44. The minimum atomic E-state index is -0.928. The van der Waals surface area contributed by atoms with Gasteiger partial charge in [-0.1, -0.05) is 6.07 Å². The van der Waals surface area contributed by atoms with Gasteiger partial charge < -0.3 is 10.6 Å². The molecule has 1 aliphatic carbocycles. The molecule has 4 amide bonds. The second-order valence-corrected chi connectivity index (χ2v) is 9.04. The first kappa shape index (κ1) is 19.4. The molecular weight excluding hydrogens is 384 g/mol. The third-order valence-electron chi connectivity index (χ3n) is 7.12. The number of hydrogen-bond acceptors (Lipinski definition) is 6. The molecule has 1 atom stereocenters. The summed E-state index contributed by atoms with van der Waals surface area (Å²) < 4.78 is 0. The summed E-state index contributed by atoms with van der Waals surface area (Å²) in [4.78, 5) is 50.2. The number of imide groups is 2. The predicted octanol–water partition coefficient (Wildman–Crippen LogP) is 0.710. The van der Waals surface area contributed by atoms with Gasteiger partial charge in [-0.15, -0.1) is 0 Å². The number of piperidine rings is 3. The molecule has 1 aromatic carbocycles. The fraction of sp³-hybridized carbons (Fsp3) is 0.545. The van der Waals surface area contributed by atoms with E-state index < -0.39 is 23.8 Å². The van der Waals surface area contributed by atoms with Gasteiger partial charge in [0.15, 0.2) is 0 Å². The van der Waals surface area contributed by atoms with Gasteiger partial charge in [0.25, 0.3) is 11.8 Å². The first-order chi connectivity index (χ1) is 14.5. The van der Waals surface area contributed by atoms with Crippen molar-refractivity contribution in [3.8, 4) is 0 Å². The Labute approximate surface area is 174 Å².